The fourth-order valence-corrected chi connectivity index (χ4v) is 1.38. The van der Waals surface area contributed by atoms with E-state index >= 15 is 0 Å². The fraction of sp³-hybridized carbons (Fsp3) is 0.538. The van der Waals surface area contributed by atoms with E-state index in [9.17, 15) is 0 Å². The SMILES string of the molecule is COCCOCCOc1cc(CN)ccc1C. The molecule has 1 aromatic carbocycles. The summed E-state index contributed by atoms with van der Waals surface area (Å²) in [5, 5.41) is 0. The van der Waals surface area contributed by atoms with Gasteiger partial charge in [0.2, 0.25) is 0 Å². The van der Waals surface area contributed by atoms with Crippen LogP contribution in [0.4, 0.5) is 0 Å². The maximum atomic E-state index is 5.64. The molecule has 1 rings (SSSR count). The topological polar surface area (TPSA) is 53.7 Å². The molecule has 0 heterocycles. The minimum absolute atomic E-state index is 0.529. The Kier molecular flexibility index (Phi) is 6.62. The van der Waals surface area contributed by atoms with Crippen LogP contribution >= 0.6 is 0 Å². The number of aryl methyl sites for hydroxylation is 1. The van der Waals surface area contributed by atoms with Crippen molar-refractivity contribution in [3.05, 3.63) is 29.3 Å². The summed E-state index contributed by atoms with van der Waals surface area (Å²) in [6.07, 6.45) is 0. The van der Waals surface area contributed by atoms with Crippen LogP contribution in [0.1, 0.15) is 11.1 Å². The summed E-state index contributed by atoms with van der Waals surface area (Å²) in [5.74, 6) is 0.878. The molecule has 0 radical (unpaired) electrons. The highest BCUT2D eigenvalue weighted by molar-refractivity contribution is 5.36. The highest BCUT2D eigenvalue weighted by Crippen LogP contribution is 2.19. The Morgan fingerprint density at radius 2 is 1.88 bits per heavy atom. The smallest absolute Gasteiger partial charge is 0.122 e. The normalized spacial score (nSPS) is 10.5. The van der Waals surface area contributed by atoms with Crippen LogP contribution in [0.2, 0.25) is 0 Å². The maximum Gasteiger partial charge on any atom is 0.122 e. The summed E-state index contributed by atoms with van der Waals surface area (Å²) >= 11 is 0. The summed E-state index contributed by atoms with van der Waals surface area (Å²) < 4.78 is 15.8. The molecule has 0 bridgehead atoms. The van der Waals surface area contributed by atoms with E-state index in [1.165, 1.54) is 0 Å². The van der Waals surface area contributed by atoms with E-state index < -0.39 is 0 Å². The van der Waals surface area contributed by atoms with E-state index in [2.05, 4.69) is 0 Å². The van der Waals surface area contributed by atoms with Gasteiger partial charge in [0.25, 0.3) is 0 Å². The number of benzene rings is 1. The zero-order valence-electron chi connectivity index (χ0n) is 10.6. The molecule has 0 saturated heterocycles. The Labute approximate surface area is 103 Å². The lowest BCUT2D eigenvalue weighted by Crippen LogP contribution is -2.10. The van der Waals surface area contributed by atoms with Crippen molar-refractivity contribution in [2.45, 2.75) is 13.5 Å². The molecule has 2 N–H and O–H groups in total. The van der Waals surface area contributed by atoms with Gasteiger partial charge in [-0.1, -0.05) is 12.1 Å². The molecule has 0 spiro atoms. The second kappa shape index (κ2) is 8.06. The minimum atomic E-state index is 0.529. The predicted octanol–water partition coefficient (Wildman–Crippen LogP) is 1.50. The van der Waals surface area contributed by atoms with Crippen molar-refractivity contribution in [3.8, 4) is 5.75 Å². The van der Waals surface area contributed by atoms with Crippen LogP contribution in [-0.4, -0.2) is 33.5 Å². The highest BCUT2D eigenvalue weighted by Gasteiger charge is 2.00. The van der Waals surface area contributed by atoms with Gasteiger partial charge in [-0.05, 0) is 24.1 Å². The van der Waals surface area contributed by atoms with E-state index in [1.807, 2.05) is 25.1 Å². The molecule has 17 heavy (non-hydrogen) atoms. The Morgan fingerprint density at radius 3 is 2.59 bits per heavy atom. The van der Waals surface area contributed by atoms with E-state index in [-0.39, 0.29) is 0 Å². The van der Waals surface area contributed by atoms with Crippen molar-refractivity contribution < 1.29 is 14.2 Å². The molecule has 0 aliphatic carbocycles. The molecule has 0 unspecified atom stereocenters. The predicted molar refractivity (Wildman–Crippen MR) is 67.3 cm³/mol. The van der Waals surface area contributed by atoms with Gasteiger partial charge < -0.3 is 19.9 Å². The molecule has 4 nitrogen and oxygen atoms in total. The number of hydrogen-bond donors (Lipinski definition) is 1. The molecule has 1 aromatic rings. The quantitative estimate of drug-likeness (QED) is 0.698. The summed E-state index contributed by atoms with van der Waals surface area (Å²) in [4.78, 5) is 0. The molecule has 0 fully saturated rings. The summed E-state index contributed by atoms with van der Waals surface area (Å²) in [6, 6.07) is 6.01. The standard InChI is InChI=1S/C13H21NO3/c1-11-3-4-12(10-14)9-13(11)17-8-7-16-6-5-15-2/h3-4,9H,5-8,10,14H2,1-2H3. The van der Waals surface area contributed by atoms with Crippen LogP contribution in [0.15, 0.2) is 18.2 Å². The van der Waals surface area contributed by atoms with Gasteiger partial charge in [-0.2, -0.15) is 0 Å². The molecule has 0 amide bonds. The third-order valence-corrected chi connectivity index (χ3v) is 2.41. The lowest BCUT2D eigenvalue weighted by atomic mass is 10.1. The molecule has 0 aliphatic rings. The molecule has 0 atom stereocenters. The van der Waals surface area contributed by atoms with Gasteiger partial charge in [0, 0.05) is 13.7 Å². The zero-order valence-corrected chi connectivity index (χ0v) is 10.6. The largest absolute Gasteiger partial charge is 0.491 e. The number of methoxy groups -OCH3 is 1. The van der Waals surface area contributed by atoms with Crippen molar-refractivity contribution in [3.63, 3.8) is 0 Å². The first kappa shape index (κ1) is 14.0. The first-order valence-corrected chi connectivity index (χ1v) is 5.77. The number of ether oxygens (including phenoxy) is 3. The van der Waals surface area contributed by atoms with Crippen molar-refractivity contribution in [1.82, 2.24) is 0 Å². The van der Waals surface area contributed by atoms with Gasteiger partial charge in [-0.25, -0.2) is 0 Å². The Hall–Kier alpha value is -1.10. The highest BCUT2D eigenvalue weighted by atomic mass is 16.5. The second-order valence-electron chi connectivity index (χ2n) is 3.76. The van der Waals surface area contributed by atoms with Crippen LogP contribution < -0.4 is 10.5 Å². The molecule has 96 valence electrons. The van der Waals surface area contributed by atoms with Crippen molar-refractivity contribution in [2.24, 2.45) is 5.73 Å². The minimum Gasteiger partial charge on any atom is -0.491 e. The first-order chi connectivity index (χ1) is 8.27. The number of nitrogens with two attached hydrogens (primary N) is 1. The first-order valence-electron chi connectivity index (χ1n) is 5.77. The van der Waals surface area contributed by atoms with Crippen LogP contribution in [0.25, 0.3) is 0 Å². The van der Waals surface area contributed by atoms with Crippen molar-refractivity contribution >= 4 is 0 Å². The number of rotatable bonds is 8. The average Bonchev–Trinajstić information content (AvgIpc) is 2.35. The van der Waals surface area contributed by atoms with E-state index in [0.717, 1.165) is 16.9 Å². The maximum absolute atomic E-state index is 5.64. The fourth-order valence-electron chi connectivity index (χ4n) is 1.38. The van der Waals surface area contributed by atoms with Gasteiger partial charge in [-0.3, -0.25) is 0 Å². The van der Waals surface area contributed by atoms with Crippen molar-refractivity contribution in [1.29, 1.82) is 0 Å². The van der Waals surface area contributed by atoms with Gasteiger partial charge in [0.1, 0.15) is 12.4 Å². The summed E-state index contributed by atoms with van der Waals surface area (Å²) in [7, 11) is 1.65. The second-order valence-corrected chi connectivity index (χ2v) is 3.76. The Morgan fingerprint density at radius 1 is 1.12 bits per heavy atom. The lowest BCUT2D eigenvalue weighted by Gasteiger charge is -2.10. The molecule has 4 heteroatoms. The van der Waals surface area contributed by atoms with Gasteiger partial charge in [-0.15, -0.1) is 0 Å². The molecular weight excluding hydrogens is 218 g/mol. The van der Waals surface area contributed by atoms with Gasteiger partial charge in [0.05, 0.1) is 19.8 Å². The van der Waals surface area contributed by atoms with Gasteiger partial charge in [0.15, 0.2) is 0 Å². The third kappa shape index (κ3) is 5.17. The molecular formula is C13H21NO3. The van der Waals surface area contributed by atoms with Crippen molar-refractivity contribution in [2.75, 3.05) is 33.5 Å². The van der Waals surface area contributed by atoms with Gasteiger partial charge >= 0.3 is 0 Å². The third-order valence-electron chi connectivity index (χ3n) is 2.41. The van der Waals surface area contributed by atoms with E-state index in [4.69, 9.17) is 19.9 Å². The zero-order chi connectivity index (χ0) is 12.5. The number of hydrogen-bond acceptors (Lipinski definition) is 4. The molecule has 0 saturated carbocycles. The van der Waals surface area contributed by atoms with E-state index in [1.54, 1.807) is 7.11 Å². The molecule has 0 aromatic heterocycles. The monoisotopic (exact) mass is 239 g/mol. The average molecular weight is 239 g/mol. The Bertz CT molecular complexity index is 328. The Balaban J connectivity index is 2.30. The summed E-state index contributed by atoms with van der Waals surface area (Å²) in [5.41, 5.74) is 7.77. The van der Waals surface area contributed by atoms with Crippen LogP contribution in [0.3, 0.4) is 0 Å². The lowest BCUT2D eigenvalue weighted by molar-refractivity contribution is 0.0543. The van der Waals surface area contributed by atoms with E-state index in [0.29, 0.717) is 33.0 Å². The summed E-state index contributed by atoms with van der Waals surface area (Å²) in [6.45, 7) is 4.86. The van der Waals surface area contributed by atoms with Crippen LogP contribution in [0, 0.1) is 6.92 Å². The molecule has 0 aliphatic heterocycles. The van der Waals surface area contributed by atoms with Crippen LogP contribution in [0.5, 0.6) is 5.75 Å². The van der Waals surface area contributed by atoms with Crippen LogP contribution in [-0.2, 0) is 16.0 Å².